The highest BCUT2D eigenvalue weighted by atomic mass is 35.5. The Morgan fingerprint density at radius 3 is 2.43 bits per heavy atom. The third-order valence-electron chi connectivity index (χ3n) is 4.32. The lowest BCUT2D eigenvalue weighted by atomic mass is 9.95. The summed E-state index contributed by atoms with van der Waals surface area (Å²) in [7, 11) is 0. The monoisotopic (exact) mass is 328 g/mol. The lowest BCUT2D eigenvalue weighted by molar-refractivity contribution is 0.715. The fourth-order valence-corrected chi connectivity index (χ4v) is 3.06. The number of benzene rings is 2. The van der Waals surface area contributed by atoms with Crippen LogP contribution in [0.3, 0.4) is 0 Å². The van der Waals surface area contributed by atoms with Gasteiger partial charge in [-0.15, -0.1) is 12.4 Å². The largest absolute Gasteiger partial charge is 0.363 e. The molecule has 2 nitrogen and oxygen atoms in total. The number of aliphatic imine (C=N–C) groups is 1. The smallest absolute Gasteiger partial charge is 0.0970 e. The molecule has 2 aromatic rings. The summed E-state index contributed by atoms with van der Waals surface area (Å²) in [4.78, 5) is 4.75. The molecule has 122 valence electrons. The summed E-state index contributed by atoms with van der Waals surface area (Å²) in [6.07, 6.45) is 4.80. The van der Waals surface area contributed by atoms with Crippen LogP contribution in [0.15, 0.2) is 59.6 Å². The normalized spacial score (nSPS) is 15.8. The molecular weight excluding hydrogens is 304 g/mol. The average molecular weight is 329 g/mol. The van der Waals surface area contributed by atoms with E-state index in [9.17, 15) is 0 Å². The van der Waals surface area contributed by atoms with Crippen LogP contribution < -0.4 is 5.32 Å². The number of aryl methyl sites for hydroxylation is 1. The minimum absolute atomic E-state index is 0. The number of halogens is 1. The van der Waals surface area contributed by atoms with Gasteiger partial charge in [0, 0.05) is 13.0 Å². The molecule has 2 aromatic carbocycles. The van der Waals surface area contributed by atoms with Crippen LogP contribution in [0.5, 0.6) is 0 Å². The maximum Gasteiger partial charge on any atom is 0.0970 e. The van der Waals surface area contributed by atoms with Crippen molar-refractivity contribution in [2.45, 2.75) is 38.6 Å². The number of nitrogens with one attached hydrogen (secondary N) is 1. The van der Waals surface area contributed by atoms with Crippen molar-refractivity contribution in [3.63, 3.8) is 0 Å². The van der Waals surface area contributed by atoms with E-state index in [-0.39, 0.29) is 18.4 Å². The van der Waals surface area contributed by atoms with Crippen molar-refractivity contribution < 1.29 is 0 Å². The van der Waals surface area contributed by atoms with E-state index < -0.39 is 0 Å². The SMILES string of the molecule is Cc1ccccc1C(NC1=NCCCCC1)c1ccccc1.Cl. The van der Waals surface area contributed by atoms with E-state index in [1.807, 2.05) is 0 Å². The molecule has 0 aliphatic carbocycles. The Balaban J connectivity index is 0.00000192. The Kier molecular flexibility index (Phi) is 6.66. The first kappa shape index (κ1) is 17.6. The molecule has 23 heavy (non-hydrogen) atoms. The molecular formula is C20H25ClN2. The van der Waals surface area contributed by atoms with Crippen LogP contribution in [0, 0.1) is 6.92 Å². The summed E-state index contributed by atoms with van der Waals surface area (Å²) in [6.45, 7) is 3.14. The quantitative estimate of drug-likeness (QED) is 0.836. The van der Waals surface area contributed by atoms with Gasteiger partial charge in [0.15, 0.2) is 0 Å². The van der Waals surface area contributed by atoms with E-state index in [4.69, 9.17) is 4.99 Å². The topological polar surface area (TPSA) is 24.4 Å². The van der Waals surface area contributed by atoms with Gasteiger partial charge < -0.3 is 5.32 Å². The maximum absolute atomic E-state index is 4.75. The summed E-state index contributed by atoms with van der Waals surface area (Å²) in [6, 6.07) is 19.5. The first-order chi connectivity index (χ1) is 10.8. The Bertz CT molecular complexity index is 637. The molecule has 1 heterocycles. The van der Waals surface area contributed by atoms with Gasteiger partial charge >= 0.3 is 0 Å². The molecule has 0 saturated carbocycles. The van der Waals surface area contributed by atoms with E-state index in [1.165, 1.54) is 36.0 Å². The Morgan fingerprint density at radius 1 is 0.913 bits per heavy atom. The Labute approximate surface area is 145 Å². The molecule has 3 heteroatoms. The number of nitrogens with zero attached hydrogens (tertiary/aromatic N) is 1. The molecule has 1 aliphatic rings. The zero-order chi connectivity index (χ0) is 15.2. The highest BCUT2D eigenvalue weighted by Gasteiger charge is 2.17. The number of rotatable bonds is 3. The molecule has 1 aliphatic heterocycles. The molecule has 0 aromatic heterocycles. The van der Waals surface area contributed by atoms with Gasteiger partial charge in [-0.1, -0.05) is 61.0 Å². The van der Waals surface area contributed by atoms with Crippen LogP contribution in [-0.4, -0.2) is 12.4 Å². The van der Waals surface area contributed by atoms with Crippen LogP contribution in [0.25, 0.3) is 0 Å². The molecule has 0 spiro atoms. The van der Waals surface area contributed by atoms with Crippen LogP contribution in [0.1, 0.15) is 48.4 Å². The molecule has 0 bridgehead atoms. The van der Waals surface area contributed by atoms with E-state index in [2.05, 4.69) is 66.8 Å². The summed E-state index contributed by atoms with van der Waals surface area (Å²) in [5.41, 5.74) is 3.95. The van der Waals surface area contributed by atoms with Crippen molar-refractivity contribution in [1.82, 2.24) is 5.32 Å². The third kappa shape index (κ3) is 4.59. The van der Waals surface area contributed by atoms with Gasteiger partial charge in [0.2, 0.25) is 0 Å². The maximum atomic E-state index is 4.75. The molecule has 0 radical (unpaired) electrons. The highest BCUT2D eigenvalue weighted by Crippen LogP contribution is 2.25. The van der Waals surface area contributed by atoms with Crippen LogP contribution >= 0.6 is 12.4 Å². The lowest BCUT2D eigenvalue weighted by Gasteiger charge is -2.23. The van der Waals surface area contributed by atoms with Gasteiger partial charge in [-0.05, 0) is 36.5 Å². The van der Waals surface area contributed by atoms with E-state index in [1.54, 1.807) is 0 Å². The van der Waals surface area contributed by atoms with Gasteiger partial charge in [-0.2, -0.15) is 0 Å². The van der Waals surface area contributed by atoms with Gasteiger partial charge in [-0.3, -0.25) is 4.99 Å². The van der Waals surface area contributed by atoms with Crippen molar-refractivity contribution in [1.29, 1.82) is 0 Å². The second-order valence-electron chi connectivity index (χ2n) is 5.98. The summed E-state index contributed by atoms with van der Waals surface area (Å²) < 4.78 is 0. The highest BCUT2D eigenvalue weighted by molar-refractivity contribution is 5.85. The van der Waals surface area contributed by atoms with Gasteiger partial charge in [0.05, 0.1) is 11.9 Å². The zero-order valence-corrected chi connectivity index (χ0v) is 14.5. The summed E-state index contributed by atoms with van der Waals surface area (Å²) >= 11 is 0. The van der Waals surface area contributed by atoms with Crippen LogP contribution in [-0.2, 0) is 0 Å². The Hall–Kier alpha value is -1.80. The van der Waals surface area contributed by atoms with Gasteiger partial charge in [0.1, 0.15) is 0 Å². The van der Waals surface area contributed by atoms with Crippen molar-refractivity contribution in [2.24, 2.45) is 4.99 Å². The summed E-state index contributed by atoms with van der Waals surface area (Å²) in [5, 5.41) is 3.72. The predicted molar refractivity (Wildman–Crippen MR) is 101 cm³/mol. The first-order valence-electron chi connectivity index (χ1n) is 8.25. The fraction of sp³-hybridized carbons (Fsp3) is 0.350. The number of hydrogen-bond donors (Lipinski definition) is 1. The van der Waals surface area contributed by atoms with Crippen molar-refractivity contribution in [3.05, 3.63) is 71.3 Å². The first-order valence-corrected chi connectivity index (χ1v) is 8.25. The van der Waals surface area contributed by atoms with Gasteiger partial charge in [-0.25, -0.2) is 0 Å². The standard InChI is InChI=1S/C20H24N2.ClH/c1-16-10-7-8-13-18(16)20(17-11-4-2-5-12-17)22-19-14-6-3-9-15-21-19;/h2,4-5,7-8,10-13,20H,3,6,9,14-15H2,1H3,(H,21,22);1H. The molecule has 3 rings (SSSR count). The molecule has 0 fully saturated rings. The van der Waals surface area contributed by atoms with E-state index in [0.717, 1.165) is 18.8 Å². The van der Waals surface area contributed by atoms with Gasteiger partial charge in [0.25, 0.3) is 0 Å². The molecule has 1 atom stereocenters. The van der Waals surface area contributed by atoms with Crippen molar-refractivity contribution >= 4 is 18.2 Å². The Morgan fingerprint density at radius 2 is 1.65 bits per heavy atom. The second-order valence-corrected chi connectivity index (χ2v) is 5.98. The van der Waals surface area contributed by atoms with Crippen LogP contribution in [0.4, 0.5) is 0 Å². The molecule has 0 saturated heterocycles. The minimum Gasteiger partial charge on any atom is -0.363 e. The predicted octanol–water partition coefficient (Wildman–Crippen LogP) is 5.07. The second kappa shape index (κ2) is 8.73. The summed E-state index contributed by atoms with van der Waals surface area (Å²) in [5.74, 6) is 1.16. The average Bonchev–Trinajstić information content (AvgIpc) is 2.83. The lowest BCUT2D eigenvalue weighted by Crippen LogP contribution is -2.29. The number of amidine groups is 1. The minimum atomic E-state index is 0. The van der Waals surface area contributed by atoms with Crippen LogP contribution in [0.2, 0.25) is 0 Å². The number of hydrogen-bond acceptors (Lipinski definition) is 2. The zero-order valence-electron chi connectivity index (χ0n) is 13.7. The third-order valence-corrected chi connectivity index (χ3v) is 4.32. The molecule has 1 N–H and O–H groups in total. The van der Waals surface area contributed by atoms with E-state index in [0.29, 0.717) is 0 Å². The van der Waals surface area contributed by atoms with Crippen molar-refractivity contribution in [2.75, 3.05) is 6.54 Å². The fourth-order valence-electron chi connectivity index (χ4n) is 3.06. The van der Waals surface area contributed by atoms with E-state index >= 15 is 0 Å². The molecule has 0 amide bonds. The molecule has 1 unspecified atom stereocenters. The van der Waals surface area contributed by atoms with Crippen molar-refractivity contribution in [3.8, 4) is 0 Å².